The predicted molar refractivity (Wildman–Crippen MR) is 296 cm³/mol. The van der Waals surface area contributed by atoms with Gasteiger partial charge in [-0.3, -0.25) is 31.9 Å². The van der Waals surface area contributed by atoms with Crippen LogP contribution in [0.25, 0.3) is 10.8 Å². The Hall–Kier alpha value is -8.45. The molecule has 8 rings (SSSR count). The maximum absolute atomic E-state index is 12.8. The minimum absolute atomic E-state index is 0.0388. The van der Waals surface area contributed by atoms with E-state index in [1.54, 1.807) is 0 Å². The quantitative estimate of drug-likeness (QED) is 0.0239. The van der Waals surface area contributed by atoms with Crippen molar-refractivity contribution in [3.05, 3.63) is 102 Å². The molecule has 0 fully saturated rings. The standard InChI is InChI=1S/C40H29Cl2N15O22S7/c41-35-48-38(45-18-4-7-25(82(65,66)67)22(13-18)47-40-51-36(42)50-37(53-40)44-17-2-1-3-20(12-17)80(59,60)61)52-39(49-35)46-19-5-8-26(83(68,69)70)23(14-19)54-57-33-29(86(77,78)79)11-16-10-28(85(74,75)76)32(31(43)30(16)34(33)58)56-55-24-15-21(81(62,63)64)6-9-27(24)84(71,72)73/h1-15,58H,43H2,(H,59,60,61)(H,62,63,64)(H,65,66,67)(H,68,69,70)(H,71,72,73)(H,74,75,76)(H,77,78,79)(H2,44,47,50,51,53)(H2,45,46,48,49,52)/b56-55+,57-54+. The van der Waals surface area contributed by atoms with Crippen molar-refractivity contribution in [3.63, 3.8) is 0 Å². The van der Waals surface area contributed by atoms with Crippen LogP contribution >= 0.6 is 23.2 Å². The number of aromatic hydroxyl groups is 1. The number of anilines is 9. The summed E-state index contributed by atoms with van der Waals surface area (Å²) in [5.74, 6) is -3.11. The van der Waals surface area contributed by atoms with Crippen LogP contribution in [0.5, 0.6) is 5.75 Å². The molecule has 2 heterocycles. The van der Waals surface area contributed by atoms with Crippen LogP contribution in [0, 0.1) is 0 Å². The number of azo groups is 2. The largest absolute Gasteiger partial charge is 0.505 e. The van der Waals surface area contributed by atoms with Crippen molar-refractivity contribution in [1.82, 2.24) is 29.9 Å². The third-order valence-corrected chi connectivity index (χ3v) is 17.2. The van der Waals surface area contributed by atoms with E-state index in [0.29, 0.717) is 36.4 Å². The van der Waals surface area contributed by atoms with Crippen molar-refractivity contribution in [1.29, 1.82) is 0 Å². The molecule has 0 saturated carbocycles. The Bertz CT molecular complexity index is 5110. The Kier molecular flexibility index (Phi) is 17.1. The molecule has 8 aromatic rings. The summed E-state index contributed by atoms with van der Waals surface area (Å²) >= 11 is 12.3. The number of fused-ring (bicyclic) bond motifs is 1. The zero-order valence-electron chi connectivity index (χ0n) is 41.1. The maximum atomic E-state index is 12.8. The van der Waals surface area contributed by atoms with E-state index in [1.165, 1.54) is 12.1 Å². The average molecular weight is 1370 g/mol. The highest BCUT2D eigenvalue weighted by atomic mass is 35.5. The molecule has 0 aliphatic carbocycles. The number of nitrogen functional groups attached to an aromatic ring is 1. The van der Waals surface area contributed by atoms with Gasteiger partial charge < -0.3 is 32.1 Å². The summed E-state index contributed by atoms with van der Waals surface area (Å²) in [4.78, 5) is 16.4. The first kappa shape index (κ1) is 63.6. The van der Waals surface area contributed by atoms with E-state index >= 15 is 0 Å². The van der Waals surface area contributed by atoms with Crippen LogP contribution in [0.3, 0.4) is 0 Å². The Morgan fingerprint density at radius 2 is 0.791 bits per heavy atom. The molecule has 0 amide bonds. The summed E-state index contributed by atoms with van der Waals surface area (Å²) in [6.45, 7) is 0. The zero-order chi connectivity index (χ0) is 63.4. The number of benzene rings is 6. The molecule has 14 N–H and O–H groups in total. The molecule has 0 atom stereocenters. The van der Waals surface area contributed by atoms with Crippen molar-refractivity contribution in [3.8, 4) is 5.75 Å². The normalized spacial score (nSPS) is 12.9. The van der Waals surface area contributed by atoms with Crippen LogP contribution in [-0.4, -0.2) is 126 Å². The first-order valence-electron chi connectivity index (χ1n) is 21.8. The lowest BCUT2D eigenvalue weighted by atomic mass is 10.1. The molecule has 0 aliphatic rings. The molecule has 0 aliphatic heterocycles. The van der Waals surface area contributed by atoms with E-state index in [2.05, 4.69) is 71.6 Å². The van der Waals surface area contributed by atoms with E-state index in [9.17, 15) is 95.9 Å². The Morgan fingerprint density at radius 1 is 0.395 bits per heavy atom. The van der Waals surface area contributed by atoms with Gasteiger partial charge >= 0.3 is 0 Å². The van der Waals surface area contributed by atoms with Crippen molar-refractivity contribution >= 4 is 180 Å². The molecule has 0 radical (unpaired) electrons. The summed E-state index contributed by atoms with van der Waals surface area (Å²) in [5, 5.41) is 33.5. The lowest BCUT2D eigenvalue weighted by Gasteiger charge is -2.14. The Labute approximate surface area is 491 Å². The number of rotatable bonds is 19. The molecule has 0 bridgehead atoms. The second-order valence-corrected chi connectivity index (χ2v) is 27.1. The number of halogens is 2. The summed E-state index contributed by atoms with van der Waals surface area (Å²) in [7, 11) is -36.6. The van der Waals surface area contributed by atoms with Crippen molar-refractivity contribution in [2.45, 2.75) is 34.3 Å². The molecule has 2 aromatic heterocycles. The number of nitrogens with two attached hydrogens (primary N) is 1. The molecule has 6 aromatic carbocycles. The van der Waals surface area contributed by atoms with Crippen LogP contribution in [0.15, 0.2) is 146 Å². The van der Waals surface area contributed by atoms with Crippen LogP contribution in [0.1, 0.15) is 0 Å². The van der Waals surface area contributed by atoms with Gasteiger partial charge in [0.15, 0.2) is 5.75 Å². The molecule has 86 heavy (non-hydrogen) atoms. The van der Waals surface area contributed by atoms with Gasteiger partial charge in [-0.05, 0) is 114 Å². The van der Waals surface area contributed by atoms with Crippen molar-refractivity contribution < 1.29 is 95.9 Å². The zero-order valence-corrected chi connectivity index (χ0v) is 48.3. The lowest BCUT2D eigenvalue weighted by Crippen LogP contribution is -2.09. The highest BCUT2D eigenvalue weighted by Gasteiger charge is 2.30. The van der Waals surface area contributed by atoms with Gasteiger partial charge in [0.1, 0.15) is 47.2 Å². The van der Waals surface area contributed by atoms with E-state index in [4.69, 9.17) is 28.9 Å². The molecular weight excluding hydrogens is 1340 g/mol. The van der Waals surface area contributed by atoms with E-state index in [-0.39, 0.29) is 23.0 Å². The number of hydrogen-bond donors (Lipinski definition) is 13. The Balaban J connectivity index is 1.15. The lowest BCUT2D eigenvalue weighted by molar-refractivity contribution is 0.472. The molecular formula is C40H29Cl2N15O22S7. The number of hydrogen-bond acceptors (Lipinski definition) is 30. The first-order valence-corrected chi connectivity index (χ1v) is 32.7. The molecule has 452 valence electrons. The van der Waals surface area contributed by atoms with Gasteiger partial charge in [0, 0.05) is 17.1 Å². The highest BCUT2D eigenvalue weighted by Crippen LogP contribution is 2.49. The number of nitrogens with one attached hydrogen (secondary N) is 4. The molecule has 46 heteroatoms. The van der Waals surface area contributed by atoms with Gasteiger partial charge in [0.2, 0.25) is 34.4 Å². The second kappa shape index (κ2) is 23.1. The fourth-order valence-electron chi connectivity index (χ4n) is 7.25. The highest BCUT2D eigenvalue weighted by molar-refractivity contribution is 7.87. The fraction of sp³-hybridized carbons (Fsp3) is 0. The molecule has 37 nitrogen and oxygen atoms in total. The van der Waals surface area contributed by atoms with Gasteiger partial charge in [-0.2, -0.15) is 88.8 Å². The summed E-state index contributed by atoms with van der Waals surface area (Å²) in [6, 6.07) is 12.4. The van der Waals surface area contributed by atoms with Gasteiger partial charge in [-0.1, -0.05) is 6.07 Å². The van der Waals surface area contributed by atoms with E-state index in [0.717, 1.165) is 42.5 Å². The van der Waals surface area contributed by atoms with Crippen LogP contribution < -0.4 is 27.0 Å². The Morgan fingerprint density at radius 3 is 1.27 bits per heavy atom. The van der Waals surface area contributed by atoms with Crippen molar-refractivity contribution in [2.24, 2.45) is 20.5 Å². The number of aromatic nitrogens is 6. The number of phenols is 1. The SMILES string of the molecule is Nc1c(/N=N/c2cc(S(=O)(=O)O)ccc2S(=O)(=O)O)c(S(=O)(=O)O)cc2cc(S(=O)(=O)O)c(/N=N/c3cc(Nc4nc(Cl)nc(Nc5ccc(S(=O)(=O)O)c(Nc6nc(Cl)nc(Nc7cccc(S(=O)(=O)O)c7)n6)c5)n4)ccc3S(=O)(=O)O)c(O)c12. The maximum Gasteiger partial charge on any atom is 0.296 e. The first-order chi connectivity index (χ1) is 39.6. The monoisotopic (exact) mass is 1360 g/mol. The summed E-state index contributed by atoms with van der Waals surface area (Å²) in [5.41, 5.74) is -0.143. The van der Waals surface area contributed by atoms with Crippen LogP contribution in [0.4, 0.5) is 75.0 Å². The van der Waals surface area contributed by atoms with Gasteiger partial charge in [0.05, 0.1) is 26.6 Å². The fourth-order valence-corrected chi connectivity index (χ4v) is 11.8. The second-order valence-electron chi connectivity index (χ2n) is 16.6. The molecule has 0 saturated heterocycles. The van der Waals surface area contributed by atoms with Crippen LogP contribution in [-0.2, 0) is 70.8 Å². The number of phenolic OH excluding ortho intramolecular Hbond substituents is 1. The minimum Gasteiger partial charge on any atom is -0.505 e. The predicted octanol–water partition coefficient (Wildman–Crippen LogP) is 6.34. The smallest absolute Gasteiger partial charge is 0.296 e. The summed E-state index contributed by atoms with van der Waals surface area (Å²) < 4.78 is 241. The van der Waals surface area contributed by atoms with Crippen molar-refractivity contribution in [2.75, 3.05) is 27.0 Å². The third kappa shape index (κ3) is 14.8. The number of nitrogens with zero attached hydrogens (tertiary/aromatic N) is 10. The van der Waals surface area contributed by atoms with Gasteiger partial charge in [0.25, 0.3) is 70.8 Å². The van der Waals surface area contributed by atoms with Gasteiger partial charge in [-0.15, -0.1) is 20.5 Å². The van der Waals surface area contributed by atoms with E-state index in [1.807, 2.05) is 0 Å². The molecule has 0 spiro atoms. The average Bonchev–Trinajstić information content (AvgIpc) is 0.778. The summed E-state index contributed by atoms with van der Waals surface area (Å²) in [6.07, 6.45) is 0. The van der Waals surface area contributed by atoms with Crippen LogP contribution in [0.2, 0.25) is 10.6 Å². The van der Waals surface area contributed by atoms with Gasteiger partial charge in [-0.25, -0.2) is 0 Å². The topological polar surface area (TPSA) is 602 Å². The third-order valence-electron chi connectivity index (χ3n) is 10.7. The van der Waals surface area contributed by atoms with E-state index < -0.39 is 184 Å². The minimum atomic E-state index is -5.62. The molecule has 0 unspecified atom stereocenters.